The fourth-order valence-electron chi connectivity index (χ4n) is 2.33. The number of para-hydroxylation sites is 1. The first-order valence-corrected chi connectivity index (χ1v) is 10.0. The summed E-state index contributed by atoms with van der Waals surface area (Å²) in [5, 5.41) is 0.848. The number of fused-ring (bicyclic) bond motifs is 1. The Balaban J connectivity index is 1.54. The predicted molar refractivity (Wildman–Crippen MR) is 105 cm³/mol. The van der Waals surface area contributed by atoms with Gasteiger partial charge in [0.15, 0.2) is 6.61 Å². The minimum atomic E-state index is -0.501. The molecule has 0 saturated heterocycles. The number of hydrogen-bond donors (Lipinski definition) is 0. The van der Waals surface area contributed by atoms with Gasteiger partial charge in [-0.3, -0.25) is 4.79 Å². The second-order valence-electron chi connectivity index (χ2n) is 5.63. The van der Waals surface area contributed by atoms with Gasteiger partial charge in [0.25, 0.3) is 5.91 Å². The van der Waals surface area contributed by atoms with Crippen LogP contribution in [0, 0.1) is 0 Å². The molecule has 2 aromatic carbocycles. The van der Waals surface area contributed by atoms with Crippen LogP contribution in [0.15, 0.2) is 53.4 Å². The molecule has 5 nitrogen and oxygen atoms in total. The molecule has 3 aromatic rings. The van der Waals surface area contributed by atoms with E-state index in [4.69, 9.17) is 4.74 Å². The van der Waals surface area contributed by atoms with E-state index in [-0.39, 0.29) is 12.5 Å². The third-order valence-corrected chi connectivity index (χ3v) is 5.55. The lowest BCUT2D eigenvalue weighted by Gasteiger charge is -2.15. The van der Waals surface area contributed by atoms with Gasteiger partial charge in [-0.2, -0.15) is 0 Å². The van der Waals surface area contributed by atoms with Gasteiger partial charge in [0.2, 0.25) is 0 Å². The highest BCUT2D eigenvalue weighted by molar-refractivity contribution is 7.98. The largest absolute Gasteiger partial charge is 0.452 e. The molecule has 0 atom stereocenters. The zero-order valence-corrected chi connectivity index (χ0v) is 16.1. The first kappa shape index (κ1) is 18.4. The molecule has 0 aliphatic heterocycles. The van der Waals surface area contributed by atoms with Crippen LogP contribution in [0.25, 0.3) is 10.2 Å². The molecule has 0 aliphatic carbocycles. The molecule has 0 fully saturated rings. The van der Waals surface area contributed by atoms with Crippen molar-refractivity contribution in [3.8, 4) is 0 Å². The van der Waals surface area contributed by atoms with E-state index >= 15 is 0 Å². The number of thioether (sulfide) groups is 1. The molecule has 7 heteroatoms. The number of thiazole rings is 1. The molecule has 0 radical (unpaired) electrons. The fourth-order valence-corrected chi connectivity index (χ4v) is 3.76. The highest BCUT2D eigenvalue weighted by Gasteiger charge is 2.15. The predicted octanol–water partition coefficient (Wildman–Crippen LogP) is 3.83. The van der Waals surface area contributed by atoms with Crippen LogP contribution in [-0.2, 0) is 16.1 Å². The molecule has 0 saturated carbocycles. The molecule has 0 unspecified atom stereocenters. The average molecular weight is 386 g/mol. The van der Waals surface area contributed by atoms with Crippen molar-refractivity contribution in [1.82, 2.24) is 9.88 Å². The number of hydrogen-bond acceptors (Lipinski definition) is 6. The van der Waals surface area contributed by atoms with E-state index in [1.54, 1.807) is 42.3 Å². The summed E-state index contributed by atoms with van der Waals surface area (Å²) in [6.45, 7) is 0.0999. The fraction of sp³-hybridized carbons (Fsp3) is 0.211. The molecule has 1 aromatic heterocycles. The van der Waals surface area contributed by atoms with Crippen LogP contribution >= 0.6 is 23.1 Å². The van der Waals surface area contributed by atoms with Crippen LogP contribution in [0.3, 0.4) is 0 Å². The number of amides is 1. The molecule has 0 N–H and O–H groups in total. The van der Waals surface area contributed by atoms with Gasteiger partial charge in [-0.05, 0) is 42.7 Å². The van der Waals surface area contributed by atoms with E-state index in [1.165, 1.54) is 4.90 Å². The number of carbonyl (C=O) groups is 2. The molecular formula is C19H18N2O3S2. The topological polar surface area (TPSA) is 59.5 Å². The number of esters is 1. The molecule has 1 heterocycles. The molecule has 0 aliphatic rings. The second-order valence-corrected chi connectivity index (χ2v) is 7.62. The van der Waals surface area contributed by atoms with Crippen LogP contribution in [0.1, 0.15) is 15.4 Å². The first-order chi connectivity index (χ1) is 12.6. The summed E-state index contributed by atoms with van der Waals surface area (Å²) < 4.78 is 6.21. The Morgan fingerprint density at radius 3 is 2.58 bits per heavy atom. The molecule has 0 bridgehead atoms. The second kappa shape index (κ2) is 8.33. The molecule has 1 amide bonds. The Morgan fingerprint density at radius 2 is 1.88 bits per heavy atom. The SMILES string of the molecule is CSc1ccc(C(=O)OCC(=O)N(C)Cc2nc3ccccc3s2)cc1. The quantitative estimate of drug-likeness (QED) is 0.476. The summed E-state index contributed by atoms with van der Waals surface area (Å²) in [6.07, 6.45) is 1.97. The smallest absolute Gasteiger partial charge is 0.338 e. The summed E-state index contributed by atoms with van der Waals surface area (Å²) in [7, 11) is 1.68. The van der Waals surface area contributed by atoms with Crippen LogP contribution in [0.4, 0.5) is 0 Å². The normalized spacial score (nSPS) is 10.7. The van der Waals surface area contributed by atoms with Gasteiger partial charge in [-0.15, -0.1) is 23.1 Å². The number of ether oxygens (including phenoxy) is 1. The molecule has 26 heavy (non-hydrogen) atoms. The van der Waals surface area contributed by atoms with E-state index in [0.717, 1.165) is 20.1 Å². The zero-order chi connectivity index (χ0) is 18.5. The van der Waals surface area contributed by atoms with Crippen molar-refractivity contribution in [2.24, 2.45) is 0 Å². The average Bonchev–Trinajstić information content (AvgIpc) is 3.08. The zero-order valence-electron chi connectivity index (χ0n) is 14.5. The summed E-state index contributed by atoms with van der Waals surface area (Å²) in [5.74, 6) is -0.766. The van der Waals surface area contributed by atoms with Gasteiger partial charge in [0.05, 0.1) is 22.3 Å². The maximum absolute atomic E-state index is 12.2. The molecule has 3 rings (SSSR count). The van der Waals surface area contributed by atoms with Crippen LogP contribution in [-0.4, -0.2) is 41.7 Å². The van der Waals surface area contributed by atoms with Crippen molar-refractivity contribution < 1.29 is 14.3 Å². The summed E-state index contributed by atoms with van der Waals surface area (Å²) in [6, 6.07) is 14.9. The lowest BCUT2D eigenvalue weighted by Crippen LogP contribution is -2.30. The van der Waals surface area contributed by atoms with Crippen LogP contribution in [0.2, 0.25) is 0 Å². The minimum Gasteiger partial charge on any atom is -0.452 e. The number of likely N-dealkylation sites (N-methyl/N-ethyl adjacent to an activating group) is 1. The van der Waals surface area contributed by atoms with E-state index in [1.807, 2.05) is 42.7 Å². The van der Waals surface area contributed by atoms with E-state index in [9.17, 15) is 9.59 Å². The van der Waals surface area contributed by atoms with Crippen molar-refractivity contribution in [2.75, 3.05) is 19.9 Å². The molecular weight excluding hydrogens is 368 g/mol. The number of nitrogens with zero attached hydrogens (tertiary/aromatic N) is 2. The van der Waals surface area contributed by atoms with Crippen LogP contribution in [0.5, 0.6) is 0 Å². The van der Waals surface area contributed by atoms with Crippen molar-refractivity contribution in [3.05, 3.63) is 59.1 Å². The maximum atomic E-state index is 12.2. The van der Waals surface area contributed by atoms with E-state index in [2.05, 4.69) is 4.98 Å². The Kier molecular flexibility index (Phi) is 5.90. The molecule has 0 spiro atoms. The third kappa shape index (κ3) is 4.42. The van der Waals surface area contributed by atoms with Crippen molar-refractivity contribution >= 4 is 45.2 Å². The van der Waals surface area contributed by atoms with Gasteiger partial charge in [0, 0.05) is 11.9 Å². The number of carbonyl (C=O) groups excluding carboxylic acids is 2. The van der Waals surface area contributed by atoms with Crippen molar-refractivity contribution in [1.29, 1.82) is 0 Å². The van der Waals surface area contributed by atoms with Gasteiger partial charge >= 0.3 is 5.97 Å². The number of benzene rings is 2. The van der Waals surface area contributed by atoms with Gasteiger partial charge < -0.3 is 9.64 Å². The lowest BCUT2D eigenvalue weighted by atomic mass is 10.2. The standard InChI is InChI=1S/C19H18N2O3S2/c1-21(11-17-20-15-5-3-4-6-16(15)26-17)18(22)12-24-19(23)13-7-9-14(25-2)10-8-13/h3-10H,11-12H2,1-2H3. The maximum Gasteiger partial charge on any atom is 0.338 e. The molecule has 134 valence electrons. The highest BCUT2D eigenvalue weighted by Crippen LogP contribution is 2.22. The number of rotatable bonds is 6. The Bertz CT molecular complexity index is 889. The first-order valence-electron chi connectivity index (χ1n) is 7.96. The van der Waals surface area contributed by atoms with Gasteiger partial charge in [0.1, 0.15) is 5.01 Å². The summed E-state index contributed by atoms with van der Waals surface area (Å²) in [5.41, 5.74) is 1.36. The van der Waals surface area contributed by atoms with Crippen LogP contribution < -0.4 is 0 Å². The summed E-state index contributed by atoms with van der Waals surface area (Å²) >= 11 is 3.15. The Hall–Kier alpha value is -2.38. The minimum absolute atomic E-state index is 0.265. The Labute approximate surface area is 160 Å². The van der Waals surface area contributed by atoms with E-state index < -0.39 is 5.97 Å². The lowest BCUT2D eigenvalue weighted by molar-refractivity contribution is -0.133. The van der Waals surface area contributed by atoms with Gasteiger partial charge in [-0.1, -0.05) is 12.1 Å². The third-order valence-electron chi connectivity index (χ3n) is 3.79. The Morgan fingerprint density at radius 1 is 1.15 bits per heavy atom. The number of aromatic nitrogens is 1. The van der Waals surface area contributed by atoms with E-state index in [0.29, 0.717) is 12.1 Å². The summed E-state index contributed by atoms with van der Waals surface area (Å²) in [4.78, 5) is 31.3. The monoisotopic (exact) mass is 386 g/mol. The van der Waals surface area contributed by atoms with Crippen molar-refractivity contribution in [2.45, 2.75) is 11.4 Å². The van der Waals surface area contributed by atoms with Crippen molar-refractivity contribution in [3.63, 3.8) is 0 Å². The van der Waals surface area contributed by atoms with Gasteiger partial charge in [-0.25, -0.2) is 9.78 Å². The highest BCUT2D eigenvalue weighted by atomic mass is 32.2.